The molecule has 120 valence electrons. The van der Waals surface area contributed by atoms with Crippen LogP contribution in [-0.2, 0) is 13.1 Å². The molecule has 0 amide bonds. The summed E-state index contributed by atoms with van der Waals surface area (Å²) >= 11 is 0. The van der Waals surface area contributed by atoms with E-state index in [0.717, 1.165) is 50.3 Å². The Morgan fingerprint density at radius 2 is 1.62 bits per heavy atom. The fourth-order valence-electron chi connectivity index (χ4n) is 2.49. The summed E-state index contributed by atoms with van der Waals surface area (Å²) in [6, 6.07) is 5.34. The summed E-state index contributed by atoms with van der Waals surface area (Å²) in [5.74, 6) is -0.139. The van der Waals surface area contributed by atoms with Crippen molar-refractivity contribution >= 4 is 0 Å². The van der Waals surface area contributed by atoms with Gasteiger partial charge in [-0.3, -0.25) is 4.90 Å². The molecule has 0 aliphatic carbocycles. The van der Waals surface area contributed by atoms with Crippen LogP contribution in [0, 0.1) is 5.82 Å². The molecule has 1 aromatic rings. The van der Waals surface area contributed by atoms with Gasteiger partial charge in [-0.1, -0.05) is 32.9 Å². The van der Waals surface area contributed by atoms with Crippen LogP contribution < -0.4 is 5.73 Å². The van der Waals surface area contributed by atoms with Crippen LogP contribution in [0.3, 0.4) is 0 Å². The van der Waals surface area contributed by atoms with Crippen LogP contribution in [0.2, 0.25) is 0 Å². The molecule has 0 saturated carbocycles. The minimum atomic E-state index is -0.139. The third-order valence-corrected chi connectivity index (χ3v) is 4.04. The Morgan fingerprint density at radius 1 is 1.00 bits per heavy atom. The Balaban J connectivity index is 2.50. The standard InChI is InChI=1S/C17H30FN3/c1-4-20(5-2)10-7-11-21(6-3)14-16-9-8-15(13-19)12-17(16)18/h8-9,12H,4-7,10-11,13-14,19H2,1-3H3. The Labute approximate surface area is 128 Å². The zero-order chi connectivity index (χ0) is 15.7. The number of halogens is 1. The third-order valence-electron chi connectivity index (χ3n) is 4.04. The van der Waals surface area contributed by atoms with Crippen molar-refractivity contribution in [2.75, 3.05) is 32.7 Å². The smallest absolute Gasteiger partial charge is 0.128 e. The maximum Gasteiger partial charge on any atom is 0.128 e. The van der Waals surface area contributed by atoms with Crippen molar-refractivity contribution in [3.05, 3.63) is 35.1 Å². The molecule has 3 nitrogen and oxygen atoms in total. The Kier molecular flexibility index (Phi) is 8.50. The van der Waals surface area contributed by atoms with Gasteiger partial charge in [-0.05, 0) is 50.8 Å². The summed E-state index contributed by atoms with van der Waals surface area (Å²) in [6.07, 6.45) is 1.12. The highest BCUT2D eigenvalue weighted by Crippen LogP contribution is 2.13. The molecule has 0 atom stereocenters. The van der Waals surface area contributed by atoms with Crippen LogP contribution in [0.4, 0.5) is 4.39 Å². The minimum absolute atomic E-state index is 0.139. The summed E-state index contributed by atoms with van der Waals surface area (Å²) in [4.78, 5) is 4.72. The van der Waals surface area contributed by atoms with Crippen LogP contribution in [0.1, 0.15) is 38.3 Å². The first-order valence-corrected chi connectivity index (χ1v) is 8.06. The molecular weight excluding hydrogens is 265 g/mol. The number of benzene rings is 1. The van der Waals surface area contributed by atoms with E-state index in [4.69, 9.17) is 5.73 Å². The fourth-order valence-corrected chi connectivity index (χ4v) is 2.49. The van der Waals surface area contributed by atoms with Gasteiger partial charge in [0.1, 0.15) is 5.82 Å². The molecular formula is C17H30FN3. The van der Waals surface area contributed by atoms with E-state index in [0.29, 0.717) is 13.1 Å². The van der Waals surface area contributed by atoms with E-state index in [9.17, 15) is 4.39 Å². The minimum Gasteiger partial charge on any atom is -0.326 e. The molecule has 0 unspecified atom stereocenters. The van der Waals surface area contributed by atoms with Crippen LogP contribution in [-0.4, -0.2) is 42.5 Å². The predicted molar refractivity (Wildman–Crippen MR) is 87.6 cm³/mol. The number of hydrogen-bond acceptors (Lipinski definition) is 3. The van der Waals surface area contributed by atoms with E-state index >= 15 is 0 Å². The van der Waals surface area contributed by atoms with Gasteiger partial charge in [-0.25, -0.2) is 4.39 Å². The summed E-state index contributed by atoms with van der Waals surface area (Å²) in [5.41, 5.74) is 7.14. The number of nitrogens with zero attached hydrogens (tertiary/aromatic N) is 2. The largest absolute Gasteiger partial charge is 0.326 e. The zero-order valence-electron chi connectivity index (χ0n) is 13.7. The van der Waals surface area contributed by atoms with Gasteiger partial charge in [0.2, 0.25) is 0 Å². The van der Waals surface area contributed by atoms with Crippen LogP contribution in [0.5, 0.6) is 0 Å². The maximum absolute atomic E-state index is 14.0. The predicted octanol–water partition coefficient (Wildman–Crippen LogP) is 2.84. The number of hydrogen-bond donors (Lipinski definition) is 1. The zero-order valence-corrected chi connectivity index (χ0v) is 13.7. The van der Waals surface area contributed by atoms with Crippen molar-refractivity contribution in [3.8, 4) is 0 Å². The molecule has 0 spiro atoms. The van der Waals surface area contributed by atoms with Crippen molar-refractivity contribution in [1.29, 1.82) is 0 Å². The van der Waals surface area contributed by atoms with E-state index in [1.807, 2.05) is 12.1 Å². The van der Waals surface area contributed by atoms with Crippen LogP contribution >= 0.6 is 0 Å². The van der Waals surface area contributed by atoms with Gasteiger partial charge in [0, 0.05) is 18.7 Å². The Hall–Kier alpha value is -0.970. The molecule has 0 aliphatic rings. The second kappa shape index (κ2) is 9.87. The van der Waals surface area contributed by atoms with E-state index in [2.05, 4.69) is 30.6 Å². The van der Waals surface area contributed by atoms with Crippen molar-refractivity contribution in [2.24, 2.45) is 5.73 Å². The Morgan fingerprint density at radius 3 is 2.14 bits per heavy atom. The molecule has 0 saturated heterocycles. The van der Waals surface area contributed by atoms with E-state index in [1.165, 1.54) is 0 Å². The lowest BCUT2D eigenvalue weighted by molar-refractivity contribution is 0.236. The van der Waals surface area contributed by atoms with Crippen molar-refractivity contribution < 1.29 is 4.39 Å². The van der Waals surface area contributed by atoms with Crippen LogP contribution in [0.15, 0.2) is 18.2 Å². The van der Waals surface area contributed by atoms with Gasteiger partial charge in [0.05, 0.1) is 0 Å². The van der Waals surface area contributed by atoms with Gasteiger partial charge >= 0.3 is 0 Å². The Bertz CT molecular complexity index is 405. The highest BCUT2D eigenvalue weighted by Gasteiger charge is 2.09. The molecule has 0 aromatic heterocycles. The van der Waals surface area contributed by atoms with E-state index < -0.39 is 0 Å². The molecule has 21 heavy (non-hydrogen) atoms. The lowest BCUT2D eigenvalue weighted by atomic mass is 10.1. The monoisotopic (exact) mass is 295 g/mol. The average molecular weight is 295 g/mol. The van der Waals surface area contributed by atoms with E-state index in [-0.39, 0.29) is 5.82 Å². The first-order chi connectivity index (χ1) is 10.1. The lowest BCUT2D eigenvalue weighted by Gasteiger charge is -2.23. The molecule has 1 aromatic carbocycles. The second-order valence-corrected chi connectivity index (χ2v) is 5.38. The molecule has 1 rings (SSSR count). The summed E-state index contributed by atoms with van der Waals surface area (Å²) in [5, 5.41) is 0. The number of rotatable bonds is 10. The highest BCUT2D eigenvalue weighted by atomic mass is 19.1. The maximum atomic E-state index is 14.0. The number of nitrogens with two attached hydrogens (primary N) is 1. The van der Waals surface area contributed by atoms with E-state index in [1.54, 1.807) is 6.07 Å². The quantitative estimate of drug-likeness (QED) is 0.720. The first kappa shape index (κ1) is 18.1. The van der Waals surface area contributed by atoms with Crippen molar-refractivity contribution in [2.45, 2.75) is 40.3 Å². The molecule has 0 bridgehead atoms. The average Bonchev–Trinajstić information content (AvgIpc) is 2.51. The summed E-state index contributed by atoms with van der Waals surface area (Å²) in [7, 11) is 0. The molecule has 0 radical (unpaired) electrons. The molecule has 0 fully saturated rings. The van der Waals surface area contributed by atoms with Gasteiger partial charge in [0.25, 0.3) is 0 Å². The summed E-state index contributed by atoms with van der Waals surface area (Å²) in [6.45, 7) is 12.8. The topological polar surface area (TPSA) is 32.5 Å². The lowest BCUT2D eigenvalue weighted by Crippen LogP contribution is -2.30. The SMILES string of the molecule is CCN(CC)CCCN(CC)Cc1ccc(CN)cc1F. The molecule has 0 aliphatic heterocycles. The van der Waals surface area contributed by atoms with Gasteiger partial charge in [-0.15, -0.1) is 0 Å². The van der Waals surface area contributed by atoms with Crippen molar-refractivity contribution in [1.82, 2.24) is 9.80 Å². The second-order valence-electron chi connectivity index (χ2n) is 5.38. The third kappa shape index (κ3) is 6.12. The highest BCUT2D eigenvalue weighted by molar-refractivity contribution is 5.24. The molecule has 2 N–H and O–H groups in total. The normalized spacial score (nSPS) is 11.6. The first-order valence-electron chi connectivity index (χ1n) is 8.06. The van der Waals surface area contributed by atoms with Gasteiger partial charge < -0.3 is 10.6 Å². The van der Waals surface area contributed by atoms with Crippen LogP contribution in [0.25, 0.3) is 0 Å². The fraction of sp³-hybridized carbons (Fsp3) is 0.647. The molecule has 0 heterocycles. The molecule has 4 heteroatoms. The van der Waals surface area contributed by atoms with Gasteiger partial charge in [-0.2, -0.15) is 0 Å². The van der Waals surface area contributed by atoms with Crippen molar-refractivity contribution in [3.63, 3.8) is 0 Å². The summed E-state index contributed by atoms with van der Waals surface area (Å²) < 4.78 is 14.0. The van der Waals surface area contributed by atoms with Gasteiger partial charge in [0.15, 0.2) is 0 Å².